The third kappa shape index (κ3) is 45.5. The van der Waals surface area contributed by atoms with Crippen LogP contribution in [0.25, 0.3) is 0 Å². The van der Waals surface area contributed by atoms with Gasteiger partial charge in [-0.3, -0.25) is 4.79 Å². The Balaban J connectivity index is 3.56. The van der Waals surface area contributed by atoms with Crippen molar-refractivity contribution < 1.29 is 15.0 Å². The summed E-state index contributed by atoms with van der Waals surface area (Å²) in [6.07, 6.45) is 65.7. The van der Waals surface area contributed by atoms with E-state index in [1.807, 2.05) is 6.08 Å². The van der Waals surface area contributed by atoms with E-state index in [-0.39, 0.29) is 12.5 Å². The Morgan fingerprint density at radius 1 is 0.404 bits per heavy atom. The molecule has 3 N–H and O–H groups in total. The summed E-state index contributed by atoms with van der Waals surface area (Å²) in [6, 6.07) is -0.641. The molecule has 0 radical (unpaired) electrons. The van der Waals surface area contributed by atoms with Gasteiger partial charge in [-0.15, -0.1) is 0 Å². The average molecular weight is 800 g/mol. The second kappa shape index (κ2) is 49.0. The monoisotopic (exact) mass is 800 g/mol. The molecule has 0 saturated heterocycles. The van der Waals surface area contributed by atoms with Crippen LogP contribution in [0.4, 0.5) is 0 Å². The van der Waals surface area contributed by atoms with Gasteiger partial charge in [0, 0.05) is 6.42 Å². The SMILES string of the molecule is CCCCCCCCCCCCCC/C=C\CCCCCCCCCC(=O)NC(CO)C(O)/C=C/CC/C=C/CCCCCCCCCCCCCCCCCC. The Kier molecular flexibility index (Phi) is 47.8. The molecule has 0 heterocycles. The Labute approximate surface area is 357 Å². The summed E-state index contributed by atoms with van der Waals surface area (Å²) in [5.74, 6) is -0.0752. The van der Waals surface area contributed by atoms with Gasteiger partial charge in [-0.25, -0.2) is 0 Å². The highest BCUT2D eigenvalue weighted by atomic mass is 16.3. The third-order valence-electron chi connectivity index (χ3n) is 11.8. The van der Waals surface area contributed by atoms with Crippen molar-refractivity contribution in [2.45, 2.75) is 289 Å². The van der Waals surface area contributed by atoms with Gasteiger partial charge in [0.1, 0.15) is 0 Å². The topological polar surface area (TPSA) is 69.6 Å². The molecule has 0 spiro atoms. The number of amides is 1. The van der Waals surface area contributed by atoms with Gasteiger partial charge < -0.3 is 15.5 Å². The number of aliphatic hydroxyl groups is 2. The average Bonchev–Trinajstić information content (AvgIpc) is 3.22. The van der Waals surface area contributed by atoms with Crippen molar-refractivity contribution in [2.75, 3.05) is 6.61 Å². The second-order valence-electron chi connectivity index (χ2n) is 17.6. The van der Waals surface area contributed by atoms with Crippen LogP contribution in [0.3, 0.4) is 0 Å². The highest BCUT2D eigenvalue weighted by Crippen LogP contribution is 2.16. The van der Waals surface area contributed by atoms with E-state index >= 15 is 0 Å². The second-order valence-corrected chi connectivity index (χ2v) is 17.6. The first-order valence-corrected chi connectivity index (χ1v) is 25.7. The molecule has 0 aliphatic heterocycles. The number of carbonyl (C=O) groups is 1. The predicted octanol–water partition coefficient (Wildman–Crippen LogP) is 16.5. The van der Waals surface area contributed by atoms with Crippen LogP contribution >= 0.6 is 0 Å². The Morgan fingerprint density at radius 2 is 0.684 bits per heavy atom. The van der Waals surface area contributed by atoms with Crippen molar-refractivity contribution in [1.82, 2.24) is 5.32 Å². The molecular formula is C53H101NO3. The normalized spacial score (nSPS) is 13.1. The molecule has 0 aliphatic carbocycles. The summed E-state index contributed by atoms with van der Waals surface area (Å²) in [4.78, 5) is 12.4. The number of hydrogen-bond acceptors (Lipinski definition) is 3. The van der Waals surface area contributed by atoms with Gasteiger partial charge in [0.2, 0.25) is 5.91 Å². The summed E-state index contributed by atoms with van der Waals surface area (Å²) in [5, 5.41) is 23.1. The van der Waals surface area contributed by atoms with Gasteiger partial charge in [-0.1, -0.05) is 249 Å². The minimum atomic E-state index is -0.864. The molecule has 2 unspecified atom stereocenters. The van der Waals surface area contributed by atoms with Gasteiger partial charge in [-0.2, -0.15) is 0 Å². The number of rotatable bonds is 47. The minimum absolute atomic E-state index is 0.0752. The van der Waals surface area contributed by atoms with E-state index in [1.165, 1.54) is 225 Å². The molecule has 336 valence electrons. The van der Waals surface area contributed by atoms with Crippen LogP contribution in [0.1, 0.15) is 277 Å². The third-order valence-corrected chi connectivity index (χ3v) is 11.8. The maximum Gasteiger partial charge on any atom is 0.220 e. The van der Waals surface area contributed by atoms with E-state index in [0.717, 1.165) is 32.1 Å². The largest absolute Gasteiger partial charge is 0.394 e. The predicted molar refractivity (Wildman–Crippen MR) is 253 cm³/mol. The van der Waals surface area contributed by atoms with Crippen molar-refractivity contribution in [3.63, 3.8) is 0 Å². The molecule has 57 heavy (non-hydrogen) atoms. The van der Waals surface area contributed by atoms with Crippen molar-refractivity contribution in [2.24, 2.45) is 0 Å². The van der Waals surface area contributed by atoms with Crippen molar-refractivity contribution in [3.05, 3.63) is 36.5 Å². The summed E-state index contributed by atoms with van der Waals surface area (Å²) in [5.41, 5.74) is 0. The minimum Gasteiger partial charge on any atom is -0.394 e. The number of allylic oxidation sites excluding steroid dienone is 5. The van der Waals surface area contributed by atoms with E-state index in [9.17, 15) is 15.0 Å². The molecule has 1 amide bonds. The lowest BCUT2D eigenvalue weighted by atomic mass is 10.0. The lowest BCUT2D eigenvalue weighted by Gasteiger charge is -2.19. The van der Waals surface area contributed by atoms with E-state index in [0.29, 0.717) is 6.42 Å². The van der Waals surface area contributed by atoms with Crippen molar-refractivity contribution in [1.29, 1.82) is 0 Å². The van der Waals surface area contributed by atoms with Gasteiger partial charge in [0.25, 0.3) is 0 Å². The quantitative estimate of drug-likeness (QED) is 0.0424. The molecule has 0 fully saturated rings. The highest BCUT2D eigenvalue weighted by Gasteiger charge is 2.17. The number of unbranched alkanes of at least 4 members (excludes halogenated alkanes) is 36. The van der Waals surface area contributed by atoms with E-state index < -0.39 is 12.1 Å². The van der Waals surface area contributed by atoms with Crippen molar-refractivity contribution >= 4 is 5.91 Å². The van der Waals surface area contributed by atoms with Gasteiger partial charge >= 0.3 is 0 Å². The maximum atomic E-state index is 12.4. The fourth-order valence-corrected chi connectivity index (χ4v) is 7.90. The number of nitrogens with one attached hydrogen (secondary N) is 1. The number of aliphatic hydroxyl groups excluding tert-OH is 2. The lowest BCUT2D eigenvalue weighted by Crippen LogP contribution is -2.45. The molecule has 4 nitrogen and oxygen atoms in total. The highest BCUT2D eigenvalue weighted by molar-refractivity contribution is 5.76. The zero-order valence-electron chi connectivity index (χ0n) is 38.6. The molecule has 4 heteroatoms. The van der Waals surface area contributed by atoms with Gasteiger partial charge in [0.15, 0.2) is 0 Å². The maximum absolute atomic E-state index is 12.4. The van der Waals surface area contributed by atoms with Gasteiger partial charge in [-0.05, 0) is 57.8 Å². The fourth-order valence-electron chi connectivity index (χ4n) is 7.90. The first-order chi connectivity index (χ1) is 28.2. The molecule has 0 aromatic rings. The zero-order chi connectivity index (χ0) is 41.4. The Morgan fingerprint density at radius 3 is 1.02 bits per heavy atom. The van der Waals surface area contributed by atoms with Crippen LogP contribution in [-0.4, -0.2) is 34.9 Å². The van der Waals surface area contributed by atoms with E-state index in [4.69, 9.17) is 0 Å². The van der Waals surface area contributed by atoms with Crippen LogP contribution in [-0.2, 0) is 4.79 Å². The summed E-state index contributed by atoms with van der Waals surface area (Å²) in [7, 11) is 0. The molecule has 0 aromatic heterocycles. The molecule has 0 rings (SSSR count). The number of hydrogen-bond donors (Lipinski definition) is 3. The lowest BCUT2D eigenvalue weighted by molar-refractivity contribution is -0.123. The van der Waals surface area contributed by atoms with E-state index in [1.54, 1.807) is 6.08 Å². The van der Waals surface area contributed by atoms with Crippen molar-refractivity contribution in [3.8, 4) is 0 Å². The van der Waals surface area contributed by atoms with Crippen LogP contribution < -0.4 is 5.32 Å². The molecule has 0 aromatic carbocycles. The molecule has 0 bridgehead atoms. The van der Waals surface area contributed by atoms with Crippen LogP contribution in [0.15, 0.2) is 36.5 Å². The van der Waals surface area contributed by atoms with Gasteiger partial charge in [0.05, 0.1) is 18.8 Å². The molecule has 0 aliphatic rings. The van der Waals surface area contributed by atoms with Crippen LogP contribution in [0, 0.1) is 0 Å². The van der Waals surface area contributed by atoms with Crippen LogP contribution in [0.5, 0.6) is 0 Å². The molecule has 0 saturated carbocycles. The standard InChI is InChI=1S/C53H101NO3/c1-3-5-7-9-11-13-15-17-19-21-23-25-27-29-31-33-35-37-39-41-43-45-47-49-53(57)54-51(50-55)52(56)48-46-44-42-40-38-36-34-32-30-28-26-24-22-20-18-16-14-12-10-8-6-4-2/h29,31,38,40,46,48,51-52,55-56H,3-28,30,32-37,39,41-45,47,49-50H2,1-2H3,(H,54,57)/b31-29-,40-38+,48-46+. The summed E-state index contributed by atoms with van der Waals surface area (Å²) in [6.45, 7) is 4.32. The zero-order valence-corrected chi connectivity index (χ0v) is 38.6. The smallest absolute Gasteiger partial charge is 0.220 e. The first kappa shape index (κ1) is 55.6. The number of carbonyl (C=O) groups excluding carboxylic acids is 1. The molecule has 2 atom stereocenters. The van der Waals surface area contributed by atoms with E-state index in [2.05, 4.69) is 43.5 Å². The summed E-state index contributed by atoms with van der Waals surface area (Å²) >= 11 is 0. The first-order valence-electron chi connectivity index (χ1n) is 25.7. The Hall–Kier alpha value is -1.39. The molecular weight excluding hydrogens is 699 g/mol. The summed E-state index contributed by atoms with van der Waals surface area (Å²) < 4.78 is 0. The van der Waals surface area contributed by atoms with Crippen LogP contribution in [0.2, 0.25) is 0 Å². The Bertz CT molecular complexity index is 866. The fraction of sp³-hybridized carbons (Fsp3) is 0.868.